The fraction of sp³-hybridized carbons (Fsp3) is 0.588. The van der Waals surface area contributed by atoms with Crippen molar-refractivity contribution in [3.05, 3.63) is 29.3 Å². The second kappa shape index (κ2) is 4.88. The molecule has 1 N–H and O–H groups in total. The van der Waals surface area contributed by atoms with Gasteiger partial charge >= 0.3 is 0 Å². The topological polar surface area (TPSA) is 32.3 Å². The predicted octanol–water partition coefficient (Wildman–Crippen LogP) is 2.42. The van der Waals surface area contributed by atoms with E-state index in [1.165, 1.54) is 48.9 Å². The van der Waals surface area contributed by atoms with Gasteiger partial charge in [0.1, 0.15) is 0 Å². The third-order valence-corrected chi connectivity index (χ3v) is 4.88. The number of anilines is 1. The molecule has 0 aromatic heterocycles. The number of nitrogens with zero attached hydrogens (tertiary/aromatic N) is 1. The van der Waals surface area contributed by atoms with E-state index < -0.39 is 0 Å². The molecule has 0 radical (unpaired) electrons. The minimum absolute atomic E-state index is 0.0574. The zero-order chi connectivity index (χ0) is 13.5. The van der Waals surface area contributed by atoms with Gasteiger partial charge in [0.25, 0.3) is 0 Å². The van der Waals surface area contributed by atoms with E-state index in [9.17, 15) is 4.79 Å². The standard InChI is InChI=1S/C17H22N2O/c20-17-15(18-13-8-9-13)10-11-19(17)16-7-3-5-12-4-1-2-6-14(12)16/h3,5,7,13,15,18H,1-2,4,6,8-11H2. The van der Waals surface area contributed by atoms with Gasteiger partial charge in [-0.3, -0.25) is 4.79 Å². The third-order valence-electron chi connectivity index (χ3n) is 4.88. The number of hydrogen-bond acceptors (Lipinski definition) is 2. The van der Waals surface area contributed by atoms with Gasteiger partial charge in [-0.1, -0.05) is 12.1 Å². The van der Waals surface area contributed by atoms with E-state index >= 15 is 0 Å². The van der Waals surface area contributed by atoms with Crippen LogP contribution in [0.5, 0.6) is 0 Å². The molecule has 1 aromatic rings. The van der Waals surface area contributed by atoms with Crippen LogP contribution in [0.4, 0.5) is 5.69 Å². The van der Waals surface area contributed by atoms with Gasteiger partial charge in [0, 0.05) is 18.3 Å². The van der Waals surface area contributed by atoms with E-state index in [4.69, 9.17) is 0 Å². The molecule has 4 rings (SSSR count). The van der Waals surface area contributed by atoms with E-state index in [0.29, 0.717) is 6.04 Å². The summed E-state index contributed by atoms with van der Waals surface area (Å²) in [6.07, 6.45) is 8.30. The van der Waals surface area contributed by atoms with Gasteiger partial charge in [-0.25, -0.2) is 0 Å². The van der Waals surface area contributed by atoms with E-state index in [0.717, 1.165) is 19.4 Å². The molecule has 1 unspecified atom stereocenters. The molecule has 1 saturated carbocycles. The minimum atomic E-state index is 0.0574. The summed E-state index contributed by atoms with van der Waals surface area (Å²) < 4.78 is 0. The maximum Gasteiger partial charge on any atom is 0.244 e. The Bertz CT molecular complexity index is 536. The second-order valence-electron chi connectivity index (χ2n) is 6.39. The summed E-state index contributed by atoms with van der Waals surface area (Å²) in [4.78, 5) is 14.7. The van der Waals surface area contributed by atoms with E-state index in [1.807, 2.05) is 4.90 Å². The van der Waals surface area contributed by atoms with E-state index in [2.05, 4.69) is 23.5 Å². The molecule has 1 amide bonds. The monoisotopic (exact) mass is 270 g/mol. The second-order valence-corrected chi connectivity index (χ2v) is 6.39. The molecule has 1 aliphatic heterocycles. The summed E-state index contributed by atoms with van der Waals surface area (Å²) in [5, 5.41) is 3.49. The van der Waals surface area contributed by atoms with Crippen molar-refractivity contribution < 1.29 is 4.79 Å². The van der Waals surface area contributed by atoms with Crippen LogP contribution < -0.4 is 10.2 Å². The van der Waals surface area contributed by atoms with Gasteiger partial charge in [0.15, 0.2) is 0 Å². The highest BCUT2D eigenvalue weighted by Crippen LogP contribution is 2.33. The van der Waals surface area contributed by atoms with Crippen LogP contribution in [0.2, 0.25) is 0 Å². The average Bonchev–Trinajstić information content (AvgIpc) is 3.23. The number of rotatable bonds is 3. The average molecular weight is 270 g/mol. The number of aryl methyl sites for hydroxylation is 1. The van der Waals surface area contributed by atoms with Crippen molar-refractivity contribution >= 4 is 11.6 Å². The molecule has 1 heterocycles. The molecular formula is C17H22N2O. The van der Waals surface area contributed by atoms with Crippen molar-refractivity contribution in [2.24, 2.45) is 0 Å². The molecule has 1 aromatic carbocycles. The molecule has 1 atom stereocenters. The summed E-state index contributed by atoms with van der Waals surface area (Å²) in [7, 11) is 0. The molecule has 2 fully saturated rings. The lowest BCUT2D eigenvalue weighted by Crippen LogP contribution is -2.39. The molecule has 3 aliphatic rings. The summed E-state index contributed by atoms with van der Waals surface area (Å²) in [6, 6.07) is 7.16. The largest absolute Gasteiger partial charge is 0.311 e. The fourth-order valence-electron chi connectivity index (χ4n) is 3.62. The number of benzene rings is 1. The maximum absolute atomic E-state index is 12.6. The van der Waals surface area contributed by atoms with Crippen LogP contribution in [0.15, 0.2) is 18.2 Å². The van der Waals surface area contributed by atoms with Crippen molar-refractivity contribution in [3.63, 3.8) is 0 Å². The smallest absolute Gasteiger partial charge is 0.244 e. The Kier molecular flexibility index (Phi) is 3.03. The first-order valence-corrected chi connectivity index (χ1v) is 8.01. The number of hydrogen-bond donors (Lipinski definition) is 1. The summed E-state index contributed by atoms with van der Waals surface area (Å²) in [6.45, 7) is 0.875. The molecular weight excluding hydrogens is 248 g/mol. The van der Waals surface area contributed by atoms with Crippen LogP contribution in [-0.4, -0.2) is 24.5 Å². The number of fused-ring (bicyclic) bond motifs is 1. The highest BCUT2D eigenvalue weighted by molar-refractivity contribution is 6.00. The Hall–Kier alpha value is -1.35. The van der Waals surface area contributed by atoms with Crippen molar-refractivity contribution in [1.82, 2.24) is 5.32 Å². The first kappa shape index (κ1) is 12.4. The lowest BCUT2D eigenvalue weighted by molar-refractivity contribution is -0.118. The van der Waals surface area contributed by atoms with Crippen LogP contribution in [0.1, 0.15) is 43.2 Å². The predicted molar refractivity (Wildman–Crippen MR) is 80.0 cm³/mol. The number of carbonyl (C=O) groups excluding carboxylic acids is 1. The minimum Gasteiger partial charge on any atom is -0.311 e. The number of amides is 1. The first-order chi connectivity index (χ1) is 9.83. The fourth-order valence-corrected chi connectivity index (χ4v) is 3.62. The summed E-state index contributed by atoms with van der Waals surface area (Å²) in [5.41, 5.74) is 4.08. The van der Waals surface area contributed by atoms with Crippen molar-refractivity contribution in [1.29, 1.82) is 0 Å². The first-order valence-electron chi connectivity index (χ1n) is 8.01. The normalized spacial score (nSPS) is 25.9. The molecule has 0 bridgehead atoms. The highest BCUT2D eigenvalue weighted by atomic mass is 16.2. The Balaban J connectivity index is 1.59. The molecule has 3 heteroatoms. The Morgan fingerprint density at radius 1 is 1.10 bits per heavy atom. The lowest BCUT2D eigenvalue weighted by atomic mass is 9.90. The molecule has 0 spiro atoms. The highest BCUT2D eigenvalue weighted by Gasteiger charge is 2.37. The SMILES string of the molecule is O=C1C(NC2CC2)CCN1c1cccc2c1CCCC2. The zero-order valence-electron chi connectivity index (χ0n) is 11.9. The summed E-state index contributed by atoms with van der Waals surface area (Å²) >= 11 is 0. The quantitative estimate of drug-likeness (QED) is 0.915. The van der Waals surface area contributed by atoms with Gasteiger partial charge in [-0.2, -0.15) is 0 Å². The van der Waals surface area contributed by atoms with Crippen molar-refractivity contribution in [2.75, 3.05) is 11.4 Å². The van der Waals surface area contributed by atoms with Crippen LogP contribution in [0.3, 0.4) is 0 Å². The van der Waals surface area contributed by atoms with Gasteiger partial charge in [-0.15, -0.1) is 0 Å². The van der Waals surface area contributed by atoms with E-state index in [1.54, 1.807) is 0 Å². The molecule has 20 heavy (non-hydrogen) atoms. The number of carbonyl (C=O) groups is 1. The Labute approximate surface area is 120 Å². The van der Waals surface area contributed by atoms with Crippen LogP contribution >= 0.6 is 0 Å². The zero-order valence-corrected chi connectivity index (χ0v) is 11.9. The van der Waals surface area contributed by atoms with Crippen LogP contribution in [0, 0.1) is 0 Å². The van der Waals surface area contributed by atoms with Crippen molar-refractivity contribution in [2.45, 2.75) is 57.0 Å². The third kappa shape index (κ3) is 2.14. The molecule has 106 valence electrons. The molecule has 2 aliphatic carbocycles. The van der Waals surface area contributed by atoms with E-state index in [-0.39, 0.29) is 11.9 Å². The number of nitrogens with one attached hydrogen (secondary N) is 1. The van der Waals surface area contributed by atoms with Crippen molar-refractivity contribution in [3.8, 4) is 0 Å². The van der Waals surface area contributed by atoms with Crippen LogP contribution in [0.25, 0.3) is 0 Å². The van der Waals surface area contributed by atoms with Gasteiger partial charge < -0.3 is 10.2 Å². The van der Waals surface area contributed by atoms with Gasteiger partial charge in [0.05, 0.1) is 6.04 Å². The Morgan fingerprint density at radius 3 is 2.80 bits per heavy atom. The lowest BCUT2D eigenvalue weighted by Gasteiger charge is -2.25. The summed E-state index contributed by atoms with van der Waals surface area (Å²) in [5.74, 6) is 0.288. The molecule has 1 saturated heterocycles. The van der Waals surface area contributed by atoms with Gasteiger partial charge in [-0.05, 0) is 62.1 Å². The maximum atomic E-state index is 12.6. The molecule has 3 nitrogen and oxygen atoms in total. The van der Waals surface area contributed by atoms with Crippen LogP contribution in [-0.2, 0) is 17.6 Å². The Morgan fingerprint density at radius 2 is 1.95 bits per heavy atom. The van der Waals surface area contributed by atoms with Gasteiger partial charge in [0.2, 0.25) is 5.91 Å².